The van der Waals surface area contributed by atoms with Crippen LogP contribution in [0.1, 0.15) is 46.3 Å². The number of amides is 1. The van der Waals surface area contributed by atoms with E-state index in [2.05, 4.69) is 23.3 Å². The van der Waals surface area contributed by atoms with Crippen molar-refractivity contribution in [1.29, 1.82) is 0 Å². The first-order valence-corrected chi connectivity index (χ1v) is 13.5. The maximum Gasteiger partial charge on any atom is 0.267 e. The summed E-state index contributed by atoms with van der Waals surface area (Å²) in [5.74, 6) is 0.568. The molecule has 0 spiro atoms. The number of nitrogens with one attached hydrogen (secondary N) is 1. The summed E-state index contributed by atoms with van der Waals surface area (Å²) in [6.45, 7) is 4.12. The molecule has 0 aliphatic heterocycles. The van der Waals surface area contributed by atoms with Crippen LogP contribution in [0.4, 0.5) is 5.69 Å². The molecule has 2 aromatic carbocycles. The predicted molar refractivity (Wildman–Crippen MR) is 158 cm³/mol. The Bertz CT molecular complexity index is 1790. The number of rotatable bonds is 5. The number of hydrogen-bond acceptors (Lipinski definition) is 5. The Balaban J connectivity index is 1.53. The van der Waals surface area contributed by atoms with Gasteiger partial charge in [0, 0.05) is 49.7 Å². The molecule has 0 saturated carbocycles. The van der Waals surface area contributed by atoms with Crippen LogP contribution in [0.15, 0.2) is 58.4 Å². The van der Waals surface area contributed by atoms with Crippen molar-refractivity contribution in [3.8, 4) is 28.3 Å². The molecule has 1 amide bonds. The van der Waals surface area contributed by atoms with E-state index in [1.807, 2.05) is 43.3 Å². The fourth-order valence-electron chi connectivity index (χ4n) is 5.59. The highest BCUT2D eigenvalue weighted by molar-refractivity contribution is 6.36. The average Bonchev–Trinajstić information content (AvgIpc) is 3.32. The largest absolute Gasteiger partial charge is 0.481 e. The van der Waals surface area contributed by atoms with E-state index < -0.39 is 11.5 Å². The molecular weight excluding hydrogens is 526 g/mol. The van der Waals surface area contributed by atoms with E-state index in [0.717, 1.165) is 40.8 Å². The Morgan fingerprint density at radius 3 is 2.58 bits per heavy atom. The number of halogens is 1. The lowest BCUT2D eigenvalue weighted by Gasteiger charge is -2.17. The van der Waals surface area contributed by atoms with E-state index in [1.165, 1.54) is 21.9 Å². The summed E-state index contributed by atoms with van der Waals surface area (Å²) in [4.78, 5) is 35.0. The van der Waals surface area contributed by atoms with Crippen molar-refractivity contribution in [1.82, 2.24) is 14.1 Å². The molecule has 1 atom stereocenters. The zero-order chi connectivity index (χ0) is 28.7. The number of anilines is 1. The number of carbonyl (C=O) groups excluding carboxylic acids is 1. The fraction of sp³-hybridized carbons (Fsp3) is 0.290. The summed E-state index contributed by atoms with van der Waals surface area (Å²) in [6, 6.07) is 13.6. The second-order valence-electron chi connectivity index (χ2n) is 10.2. The van der Waals surface area contributed by atoms with Crippen LogP contribution in [0.5, 0.6) is 5.88 Å². The molecule has 0 saturated heterocycles. The van der Waals surface area contributed by atoms with Crippen LogP contribution >= 0.6 is 11.6 Å². The molecule has 0 radical (unpaired) electrons. The van der Waals surface area contributed by atoms with Gasteiger partial charge in [0.2, 0.25) is 11.5 Å². The van der Waals surface area contributed by atoms with Crippen molar-refractivity contribution in [2.75, 3.05) is 19.5 Å². The molecule has 5 rings (SSSR count). The van der Waals surface area contributed by atoms with Crippen LogP contribution in [-0.4, -0.2) is 34.2 Å². The first-order valence-electron chi connectivity index (χ1n) is 13.1. The minimum absolute atomic E-state index is 0.0215. The van der Waals surface area contributed by atoms with Gasteiger partial charge in [0.05, 0.1) is 17.8 Å². The van der Waals surface area contributed by atoms with E-state index >= 15 is 0 Å². The summed E-state index contributed by atoms with van der Waals surface area (Å²) in [5.41, 5.74) is 7.16. The molecule has 4 aromatic rings. The Labute approximate surface area is 238 Å². The van der Waals surface area contributed by atoms with Crippen LogP contribution < -0.4 is 21.2 Å². The minimum Gasteiger partial charge on any atom is -0.481 e. The van der Waals surface area contributed by atoms with Crippen molar-refractivity contribution in [2.45, 2.75) is 32.6 Å². The van der Waals surface area contributed by atoms with E-state index in [-0.39, 0.29) is 5.56 Å². The van der Waals surface area contributed by atoms with Gasteiger partial charge in [0.1, 0.15) is 5.56 Å². The van der Waals surface area contributed by atoms with Gasteiger partial charge >= 0.3 is 0 Å². The normalized spacial score (nSPS) is 14.8. The first-order chi connectivity index (χ1) is 19.2. The number of hydrogen-bond donors (Lipinski definition) is 1. The van der Waals surface area contributed by atoms with Crippen LogP contribution in [0.25, 0.3) is 22.4 Å². The third-order valence-electron chi connectivity index (χ3n) is 7.71. The van der Waals surface area contributed by atoms with Crippen molar-refractivity contribution in [3.05, 3.63) is 91.9 Å². The maximum atomic E-state index is 13.2. The minimum atomic E-state index is -0.498. The summed E-state index contributed by atoms with van der Waals surface area (Å²) in [7, 11) is 6.59. The molecule has 206 valence electrons. The summed E-state index contributed by atoms with van der Waals surface area (Å²) >= 11 is 7.04. The molecule has 8 nitrogen and oxygen atoms in total. The number of nitrogens with zero attached hydrogens (tertiary/aromatic N) is 4. The Morgan fingerprint density at radius 2 is 1.85 bits per heavy atom. The summed E-state index contributed by atoms with van der Waals surface area (Å²) in [5, 5.41) is 3.48. The highest BCUT2D eigenvalue weighted by atomic mass is 35.5. The number of pyridine rings is 1. The van der Waals surface area contributed by atoms with Gasteiger partial charge in [0.15, 0.2) is 0 Å². The Hall–Kier alpha value is -4.17. The quantitative estimate of drug-likeness (QED) is 0.362. The standard InChI is InChI=1S/C31H32ClN5O3/c1-17-13-14-19-15-25(35-29(40-6)26(17)19)22-11-7-10-21(27(22)32)20-9-8-12-24(18(20)2)34-28(38)23-16-36(4)31(33-3)37(5)30(23)39/h7-12,15-17H,13-14H2,1-6H3,(H,34,38)/t17-/m1/s1. The molecule has 0 bridgehead atoms. The molecule has 0 fully saturated rings. The number of carbonyl (C=O) groups is 1. The predicted octanol–water partition coefficient (Wildman–Crippen LogP) is 5.26. The second-order valence-corrected chi connectivity index (χ2v) is 10.5. The van der Waals surface area contributed by atoms with Gasteiger partial charge in [0.25, 0.3) is 11.5 Å². The number of methoxy groups -OCH3 is 1. The Kier molecular flexibility index (Phi) is 7.38. The molecule has 40 heavy (non-hydrogen) atoms. The van der Waals surface area contributed by atoms with Crippen LogP contribution in [0.2, 0.25) is 5.02 Å². The summed E-state index contributed by atoms with van der Waals surface area (Å²) < 4.78 is 8.66. The van der Waals surface area contributed by atoms with Crippen LogP contribution in [0, 0.1) is 6.92 Å². The molecule has 2 heterocycles. The number of ether oxygens (including phenoxy) is 1. The lowest BCUT2D eigenvalue weighted by molar-refractivity contribution is 0.102. The van der Waals surface area contributed by atoms with Crippen LogP contribution in [-0.2, 0) is 20.5 Å². The smallest absolute Gasteiger partial charge is 0.267 e. The molecular formula is C31H32ClN5O3. The van der Waals surface area contributed by atoms with Gasteiger partial charge in [-0.3, -0.25) is 19.1 Å². The molecule has 1 aliphatic carbocycles. The Morgan fingerprint density at radius 1 is 1.15 bits per heavy atom. The SMILES string of the molecule is CN=c1n(C)cc(C(=O)Nc2cccc(-c3cccc(-c4cc5c(c(OC)n4)[C@H](C)CC5)c3Cl)c2C)c(=O)n1C. The topological polar surface area (TPSA) is 90.5 Å². The van der Waals surface area contributed by atoms with E-state index in [4.69, 9.17) is 21.3 Å². The van der Waals surface area contributed by atoms with E-state index in [9.17, 15) is 9.59 Å². The molecule has 1 aliphatic rings. The van der Waals surface area contributed by atoms with Crippen molar-refractivity contribution >= 4 is 23.2 Å². The zero-order valence-corrected chi connectivity index (χ0v) is 24.3. The lowest BCUT2D eigenvalue weighted by atomic mass is 9.95. The number of aromatic nitrogens is 3. The van der Waals surface area contributed by atoms with Crippen molar-refractivity contribution in [2.24, 2.45) is 19.1 Å². The van der Waals surface area contributed by atoms with E-state index in [1.54, 1.807) is 32.8 Å². The third-order valence-corrected chi connectivity index (χ3v) is 8.11. The third kappa shape index (κ3) is 4.62. The van der Waals surface area contributed by atoms with Gasteiger partial charge < -0.3 is 14.6 Å². The van der Waals surface area contributed by atoms with Gasteiger partial charge in [-0.05, 0) is 54.5 Å². The average molecular weight is 558 g/mol. The number of fused-ring (bicyclic) bond motifs is 1. The molecule has 9 heteroatoms. The van der Waals surface area contributed by atoms with Gasteiger partial charge in [-0.15, -0.1) is 0 Å². The highest BCUT2D eigenvalue weighted by Gasteiger charge is 2.26. The number of benzene rings is 2. The van der Waals surface area contributed by atoms with Gasteiger partial charge in [-0.1, -0.05) is 48.9 Å². The van der Waals surface area contributed by atoms with Crippen LogP contribution in [0.3, 0.4) is 0 Å². The van der Waals surface area contributed by atoms with E-state index in [0.29, 0.717) is 28.1 Å². The van der Waals surface area contributed by atoms with Gasteiger partial charge in [-0.2, -0.15) is 0 Å². The number of aryl methyl sites for hydroxylation is 2. The molecule has 1 N–H and O–H groups in total. The lowest BCUT2D eigenvalue weighted by Crippen LogP contribution is -2.41. The summed E-state index contributed by atoms with van der Waals surface area (Å²) in [6.07, 6.45) is 3.56. The highest BCUT2D eigenvalue weighted by Crippen LogP contribution is 2.43. The zero-order valence-electron chi connectivity index (χ0n) is 23.5. The fourth-order valence-corrected chi connectivity index (χ4v) is 5.92. The second kappa shape index (κ2) is 10.8. The van der Waals surface area contributed by atoms with Crippen molar-refractivity contribution < 1.29 is 9.53 Å². The molecule has 2 aromatic heterocycles. The monoisotopic (exact) mass is 557 g/mol. The van der Waals surface area contributed by atoms with Crippen molar-refractivity contribution in [3.63, 3.8) is 0 Å². The van der Waals surface area contributed by atoms with Gasteiger partial charge in [-0.25, -0.2) is 4.98 Å². The first kappa shape index (κ1) is 27.4. The molecule has 0 unspecified atom stereocenters. The maximum absolute atomic E-state index is 13.2.